The van der Waals surface area contributed by atoms with Gasteiger partial charge in [0.1, 0.15) is 5.75 Å². The van der Waals surface area contributed by atoms with Gasteiger partial charge in [-0.25, -0.2) is 0 Å². The van der Waals surface area contributed by atoms with E-state index in [2.05, 4.69) is 0 Å². The normalized spacial score (nSPS) is 10.8. The van der Waals surface area contributed by atoms with Gasteiger partial charge < -0.3 is 9.67 Å². The van der Waals surface area contributed by atoms with E-state index in [1.165, 1.54) is 16.7 Å². The first-order chi connectivity index (χ1) is 10.5. The highest BCUT2D eigenvalue weighted by Gasteiger charge is 2.18. The van der Waals surface area contributed by atoms with E-state index in [-0.39, 0.29) is 22.4 Å². The second kappa shape index (κ2) is 5.15. The molecule has 0 spiro atoms. The summed E-state index contributed by atoms with van der Waals surface area (Å²) in [6.07, 6.45) is 0. The third kappa shape index (κ3) is 2.09. The average molecular weight is 293 g/mol. The van der Waals surface area contributed by atoms with E-state index in [9.17, 15) is 14.7 Å². The highest BCUT2D eigenvalue weighted by Crippen LogP contribution is 2.22. The molecular weight excluding hydrogens is 278 g/mol. The number of aromatic nitrogens is 1. The minimum atomic E-state index is -0.469. The van der Waals surface area contributed by atoms with E-state index in [1.807, 2.05) is 25.1 Å². The maximum absolute atomic E-state index is 12.6. The Labute approximate surface area is 127 Å². The fraction of sp³-hybridized carbons (Fsp3) is 0.111. The smallest absolute Gasteiger partial charge is 0.262 e. The third-order valence-corrected chi connectivity index (χ3v) is 3.88. The lowest BCUT2D eigenvalue weighted by atomic mass is 10.0. The molecular formula is C18H15NO3. The summed E-state index contributed by atoms with van der Waals surface area (Å²) in [5, 5.41) is 10.7. The van der Waals surface area contributed by atoms with Gasteiger partial charge in [0.05, 0.1) is 16.6 Å². The summed E-state index contributed by atoms with van der Waals surface area (Å²) in [4.78, 5) is 25.1. The first kappa shape index (κ1) is 14.1. The van der Waals surface area contributed by atoms with Gasteiger partial charge in [-0.05, 0) is 36.8 Å². The number of ketones is 1. The van der Waals surface area contributed by atoms with Crippen LogP contribution in [0.2, 0.25) is 0 Å². The lowest BCUT2D eigenvalue weighted by Crippen LogP contribution is -2.25. The van der Waals surface area contributed by atoms with Gasteiger partial charge >= 0.3 is 0 Å². The van der Waals surface area contributed by atoms with E-state index in [0.29, 0.717) is 0 Å². The molecule has 1 aromatic heterocycles. The number of hydrogen-bond donors (Lipinski definition) is 1. The number of carbonyl (C=O) groups is 1. The average Bonchev–Trinajstić information content (AvgIpc) is 2.51. The Hall–Kier alpha value is -2.88. The largest absolute Gasteiger partial charge is 0.507 e. The molecule has 4 heteroatoms. The molecule has 0 bridgehead atoms. The van der Waals surface area contributed by atoms with E-state index >= 15 is 0 Å². The highest BCUT2D eigenvalue weighted by atomic mass is 16.3. The van der Waals surface area contributed by atoms with Crippen molar-refractivity contribution in [3.8, 4) is 5.75 Å². The Bertz CT molecular complexity index is 954. The number of para-hydroxylation sites is 1. The Morgan fingerprint density at radius 3 is 2.50 bits per heavy atom. The Balaban J connectivity index is 2.30. The number of benzene rings is 2. The van der Waals surface area contributed by atoms with Crippen LogP contribution in [0.3, 0.4) is 0 Å². The molecule has 0 fully saturated rings. The fourth-order valence-electron chi connectivity index (χ4n) is 2.61. The van der Waals surface area contributed by atoms with Crippen LogP contribution in [0.25, 0.3) is 10.9 Å². The molecule has 1 heterocycles. The van der Waals surface area contributed by atoms with Crippen molar-refractivity contribution >= 4 is 16.7 Å². The molecule has 0 aliphatic heterocycles. The van der Waals surface area contributed by atoms with Crippen molar-refractivity contribution in [2.45, 2.75) is 6.92 Å². The van der Waals surface area contributed by atoms with Crippen LogP contribution in [0.4, 0.5) is 0 Å². The number of aryl methyl sites for hydroxylation is 2. The van der Waals surface area contributed by atoms with E-state index in [4.69, 9.17) is 0 Å². The number of phenols is 1. The Morgan fingerprint density at radius 1 is 1.05 bits per heavy atom. The van der Waals surface area contributed by atoms with Gasteiger partial charge in [-0.2, -0.15) is 0 Å². The Morgan fingerprint density at radius 2 is 1.77 bits per heavy atom. The van der Waals surface area contributed by atoms with Crippen molar-refractivity contribution in [2.75, 3.05) is 0 Å². The van der Waals surface area contributed by atoms with Crippen molar-refractivity contribution < 1.29 is 9.90 Å². The zero-order chi connectivity index (χ0) is 15.9. The van der Waals surface area contributed by atoms with Crippen molar-refractivity contribution in [3.05, 3.63) is 75.6 Å². The van der Waals surface area contributed by atoms with E-state index < -0.39 is 5.78 Å². The van der Waals surface area contributed by atoms with Gasteiger partial charge in [-0.15, -0.1) is 0 Å². The number of aromatic hydroxyl groups is 1. The lowest BCUT2D eigenvalue weighted by Gasteiger charge is -2.10. The van der Waals surface area contributed by atoms with Crippen LogP contribution < -0.4 is 5.56 Å². The van der Waals surface area contributed by atoms with Gasteiger partial charge in [0.2, 0.25) is 5.78 Å². The lowest BCUT2D eigenvalue weighted by molar-refractivity contribution is 0.103. The minimum absolute atomic E-state index is 0.0609. The first-order valence-corrected chi connectivity index (χ1v) is 6.92. The molecule has 0 unspecified atom stereocenters. The standard InChI is InChI=1S/C18H15NO3/c1-11-6-5-8-15-13(11)10-14(18(22)19(15)2)17(21)12-7-3-4-9-16(12)20/h3-10,20H,1-2H3. The van der Waals surface area contributed by atoms with Crippen molar-refractivity contribution in [1.29, 1.82) is 0 Å². The van der Waals surface area contributed by atoms with Crippen LogP contribution in [0.5, 0.6) is 5.75 Å². The monoisotopic (exact) mass is 293 g/mol. The maximum Gasteiger partial charge on any atom is 0.262 e. The van der Waals surface area contributed by atoms with Crippen LogP contribution >= 0.6 is 0 Å². The van der Waals surface area contributed by atoms with Gasteiger partial charge in [-0.3, -0.25) is 9.59 Å². The summed E-state index contributed by atoms with van der Waals surface area (Å²) < 4.78 is 1.47. The number of carbonyl (C=O) groups excluding carboxylic acids is 1. The highest BCUT2D eigenvalue weighted by molar-refractivity contribution is 6.11. The molecule has 3 aromatic rings. The van der Waals surface area contributed by atoms with Gasteiger partial charge in [0.25, 0.3) is 5.56 Å². The van der Waals surface area contributed by atoms with Crippen molar-refractivity contribution in [1.82, 2.24) is 4.57 Å². The molecule has 0 atom stereocenters. The predicted octanol–water partition coefficient (Wildman–Crippen LogP) is 2.78. The second-order valence-corrected chi connectivity index (χ2v) is 5.28. The summed E-state index contributed by atoms with van der Waals surface area (Å²) in [7, 11) is 1.64. The summed E-state index contributed by atoms with van der Waals surface area (Å²) in [5.74, 6) is -0.594. The number of hydrogen-bond acceptors (Lipinski definition) is 3. The maximum atomic E-state index is 12.6. The van der Waals surface area contributed by atoms with Crippen molar-refractivity contribution in [2.24, 2.45) is 7.05 Å². The van der Waals surface area contributed by atoms with E-state index in [1.54, 1.807) is 25.2 Å². The fourth-order valence-corrected chi connectivity index (χ4v) is 2.61. The van der Waals surface area contributed by atoms with E-state index in [0.717, 1.165) is 16.5 Å². The zero-order valence-corrected chi connectivity index (χ0v) is 12.3. The van der Waals surface area contributed by atoms with Gasteiger partial charge in [-0.1, -0.05) is 24.3 Å². The molecule has 4 nitrogen and oxygen atoms in total. The molecule has 0 radical (unpaired) electrons. The Kier molecular flexibility index (Phi) is 3.29. The van der Waals surface area contributed by atoms with Crippen LogP contribution in [0.15, 0.2) is 53.3 Å². The summed E-state index contributed by atoms with van der Waals surface area (Å²) in [6, 6.07) is 13.5. The number of fused-ring (bicyclic) bond motifs is 1. The summed E-state index contributed by atoms with van der Waals surface area (Å²) >= 11 is 0. The molecule has 0 amide bonds. The van der Waals surface area contributed by atoms with Gasteiger partial charge in [0, 0.05) is 12.4 Å². The summed E-state index contributed by atoms with van der Waals surface area (Å²) in [6.45, 7) is 1.93. The van der Waals surface area contributed by atoms with Crippen molar-refractivity contribution in [3.63, 3.8) is 0 Å². The van der Waals surface area contributed by atoms with Crippen LogP contribution in [-0.4, -0.2) is 15.5 Å². The molecule has 3 rings (SSSR count). The zero-order valence-electron chi connectivity index (χ0n) is 12.3. The van der Waals surface area contributed by atoms with Crippen LogP contribution in [-0.2, 0) is 7.05 Å². The van der Waals surface area contributed by atoms with Crippen LogP contribution in [0, 0.1) is 6.92 Å². The number of pyridine rings is 1. The number of nitrogens with zero attached hydrogens (tertiary/aromatic N) is 1. The third-order valence-electron chi connectivity index (χ3n) is 3.88. The topological polar surface area (TPSA) is 59.3 Å². The molecule has 22 heavy (non-hydrogen) atoms. The van der Waals surface area contributed by atoms with Gasteiger partial charge in [0.15, 0.2) is 0 Å². The first-order valence-electron chi connectivity index (χ1n) is 6.92. The molecule has 0 aliphatic rings. The van der Waals surface area contributed by atoms with Crippen LogP contribution in [0.1, 0.15) is 21.5 Å². The molecule has 0 aliphatic carbocycles. The molecule has 0 saturated heterocycles. The molecule has 110 valence electrons. The SMILES string of the molecule is Cc1cccc2c1cc(C(=O)c1ccccc1O)c(=O)n2C. The molecule has 2 aromatic carbocycles. The summed E-state index contributed by atoms with van der Waals surface area (Å²) in [5.41, 5.74) is 1.59. The molecule has 1 N–H and O–H groups in total. The quantitative estimate of drug-likeness (QED) is 0.739. The minimum Gasteiger partial charge on any atom is -0.507 e. The molecule has 0 saturated carbocycles. The predicted molar refractivity (Wildman–Crippen MR) is 85.5 cm³/mol. The second-order valence-electron chi connectivity index (χ2n) is 5.28. The number of phenolic OH excluding ortho intramolecular Hbond substituents is 1. The number of rotatable bonds is 2.